The summed E-state index contributed by atoms with van der Waals surface area (Å²) in [6, 6.07) is 1.04. The van der Waals surface area contributed by atoms with E-state index >= 15 is 0 Å². The van der Waals surface area contributed by atoms with Gasteiger partial charge in [0.1, 0.15) is 5.69 Å². The van der Waals surface area contributed by atoms with E-state index in [9.17, 15) is 18.0 Å². The van der Waals surface area contributed by atoms with Crippen LogP contribution in [0.4, 0.5) is 23.7 Å². The number of halogens is 4. The highest BCUT2D eigenvalue weighted by molar-refractivity contribution is 9.10. The van der Waals surface area contributed by atoms with Gasteiger partial charge in [0.15, 0.2) is 6.61 Å². The van der Waals surface area contributed by atoms with Crippen molar-refractivity contribution in [3.63, 3.8) is 0 Å². The number of pyridine rings is 1. The molecule has 1 fully saturated rings. The molecule has 1 heterocycles. The number of aromatic nitrogens is 1. The number of rotatable bonds is 5. The number of urea groups is 1. The maximum absolute atomic E-state index is 12.3. The molecule has 0 bridgehead atoms. The molecule has 1 saturated carbocycles. The quantitative estimate of drug-likeness (QED) is 0.817. The second-order valence-electron chi connectivity index (χ2n) is 5.52. The van der Waals surface area contributed by atoms with Crippen LogP contribution in [0.3, 0.4) is 0 Å². The molecule has 1 aromatic heterocycles. The van der Waals surface area contributed by atoms with Gasteiger partial charge in [0.05, 0.1) is 0 Å². The topological polar surface area (TPSA) is 54.5 Å². The summed E-state index contributed by atoms with van der Waals surface area (Å²) in [7, 11) is 1.65. The third kappa shape index (κ3) is 5.56. The number of amides is 2. The average Bonchev–Trinajstić information content (AvgIpc) is 2.40. The van der Waals surface area contributed by atoms with Gasteiger partial charge in [-0.15, -0.1) is 0 Å². The van der Waals surface area contributed by atoms with Crippen LogP contribution in [-0.2, 0) is 0 Å². The molecule has 5 nitrogen and oxygen atoms in total. The molecule has 1 aliphatic rings. The van der Waals surface area contributed by atoms with E-state index in [4.69, 9.17) is 0 Å². The van der Waals surface area contributed by atoms with Crippen LogP contribution in [-0.4, -0.2) is 42.3 Å². The van der Waals surface area contributed by atoms with Crippen molar-refractivity contribution in [2.45, 2.75) is 25.4 Å². The number of nitrogens with one attached hydrogen (secondary N) is 1. The van der Waals surface area contributed by atoms with Gasteiger partial charge in [0.2, 0.25) is 5.88 Å². The molecule has 0 aliphatic heterocycles. The minimum Gasteiger partial charge on any atom is -0.467 e. The number of carbonyl (C=O) groups is 1. The zero-order valence-corrected chi connectivity index (χ0v) is 14.1. The molecule has 2 rings (SSSR count). The zero-order valence-electron chi connectivity index (χ0n) is 12.5. The summed E-state index contributed by atoms with van der Waals surface area (Å²) in [6.45, 7) is -0.853. The predicted octanol–water partition coefficient (Wildman–Crippen LogP) is 4.05. The van der Waals surface area contributed by atoms with Crippen molar-refractivity contribution >= 4 is 27.6 Å². The summed E-state index contributed by atoms with van der Waals surface area (Å²) in [4.78, 5) is 17.4. The number of nitrogens with zero attached hydrogens (tertiary/aromatic N) is 2. The Hall–Kier alpha value is -1.51. The summed E-state index contributed by atoms with van der Waals surface area (Å²) < 4.78 is 42.0. The van der Waals surface area contributed by atoms with E-state index in [0.29, 0.717) is 16.9 Å². The van der Waals surface area contributed by atoms with Gasteiger partial charge in [-0.05, 0) is 40.8 Å². The van der Waals surface area contributed by atoms with Crippen LogP contribution in [0.5, 0.6) is 5.88 Å². The first-order valence-electron chi connectivity index (χ1n) is 7.12. The van der Waals surface area contributed by atoms with Crippen LogP contribution >= 0.6 is 15.9 Å². The number of hydrogen-bond acceptors (Lipinski definition) is 3. The van der Waals surface area contributed by atoms with Crippen molar-refractivity contribution < 1.29 is 22.7 Å². The first-order chi connectivity index (χ1) is 10.7. The van der Waals surface area contributed by atoms with Crippen molar-refractivity contribution in [3.05, 3.63) is 16.7 Å². The van der Waals surface area contributed by atoms with Crippen LogP contribution in [0.1, 0.15) is 19.3 Å². The minimum absolute atomic E-state index is 0.0917. The maximum Gasteiger partial charge on any atom is 0.422 e. The lowest BCUT2D eigenvalue weighted by molar-refractivity contribution is -0.153. The van der Waals surface area contributed by atoms with E-state index in [1.54, 1.807) is 7.05 Å². The summed E-state index contributed by atoms with van der Waals surface area (Å²) >= 11 is 3.17. The Morgan fingerprint density at radius 2 is 2.22 bits per heavy atom. The summed E-state index contributed by atoms with van der Waals surface area (Å²) in [5.74, 6) is 0.225. The second-order valence-corrected chi connectivity index (χ2v) is 6.43. The van der Waals surface area contributed by atoms with Gasteiger partial charge in [0, 0.05) is 24.3 Å². The van der Waals surface area contributed by atoms with Crippen LogP contribution in [0.25, 0.3) is 0 Å². The van der Waals surface area contributed by atoms with Crippen LogP contribution in [0.2, 0.25) is 0 Å². The van der Waals surface area contributed by atoms with Gasteiger partial charge < -0.3 is 15.0 Å². The third-order valence-corrected chi connectivity index (χ3v) is 3.97. The molecule has 0 radical (unpaired) electrons. The zero-order chi connectivity index (χ0) is 17.0. The molecule has 0 spiro atoms. The minimum atomic E-state index is -4.48. The van der Waals surface area contributed by atoms with Gasteiger partial charge >= 0.3 is 12.2 Å². The smallest absolute Gasteiger partial charge is 0.422 e. The lowest BCUT2D eigenvalue weighted by Gasteiger charge is -2.30. The highest BCUT2D eigenvalue weighted by atomic mass is 79.9. The van der Waals surface area contributed by atoms with Crippen LogP contribution in [0.15, 0.2) is 16.7 Å². The molecule has 1 aromatic rings. The van der Waals surface area contributed by atoms with E-state index in [2.05, 4.69) is 31.0 Å². The van der Waals surface area contributed by atoms with Crippen molar-refractivity contribution in [3.8, 4) is 5.88 Å². The lowest BCUT2D eigenvalue weighted by atomic mass is 9.85. The van der Waals surface area contributed by atoms with Crippen molar-refractivity contribution in [1.29, 1.82) is 0 Å². The molecule has 2 amide bonds. The molecule has 0 saturated heterocycles. The first-order valence-corrected chi connectivity index (χ1v) is 7.91. The van der Waals surface area contributed by atoms with Gasteiger partial charge in [-0.3, -0.25) is 0 Å². The predicted molar refractivity (Wildman–Crippen MR) is 82.5 cm³/mol. The van der Waals surface area contributed by atoms with E-state index in [1.807, 2.05) is 0 Å². The van der Waals surface area contributed by atoms with Crippen molar-refractivity contribution in [2.75, 3.05) is 25.5 Å². The summed E-state index contributed by atoms with van der Waals surface area (Å²) in [5.41, 5.74) is 0.0917. The van der Waals surface area contributed by atoms with E-state index < -0.39 is 18.8 Å². The molecule has 9 heteroatoms. The van der Waals surface area contributed by atoms with Gasteiger partial charge in [0.25, 0.3) is 0 Å². The fourth-order valence-corrected chi connectivity index (χ4v) is 2.47. The normalized spacial score (nSPS) is 15.0. The number of alkyl halides is 3. The Bertz CT molecular complexity index is 565. The fourth-order valence-electron chi connectivity index (χ4n) is 2.14. The lowest BCUT2D eigenvalue weighted by Crippen LogP contribution is -2.37. The molecule has 23 heavy (non-hydrogen) atoms. The van der Waals surface area contributed by atoms with Crippen molar-refractivity contribution in [1.82, 2.24) is 9.88 Å². The second kappa shape index (κ2) is 7.37. The molecule has 128 valence electrons. The van der Waals surface area contributed by atoms with Crippen LogP contribution < -0.4 is 10.1 Å². The Kier molecular flexibility index (Phi) is 5.72. The third-order valence-electron chi connectivity index (χ3n) is 3.54. The van der Waals surface area contributed by atoms with Gasteiger partial charge in [-0.1, -0.05) is 6.42 Å². The van der Waals surface area contributed by atoms with Gasteiger partial charge in [-0.25, -0.2) is 9.78 Å². The Morgan fingerprint density at radius 3 is 2.78 bits per heavy atom. The van der Waals surface area contributed by atoms with E-state index in [0.717, 1.165) is 12.8 Å². The number of anilines is 1. The van der Waals surface area contributed by atoms with E-state index in [1.165, 1.54) is 23.6 Å². The molecular weight excluding hydrogens is 379 g/mol. The number of ether oxygens (including phenoxy) is 1. The number of carbonyl (C=O) groups excluding carboxylic acids is 1. The Balaban J connectivity index is 2.01. The average molecular weight is 396 g/mol. The highest BCUT2D eigenvalue weighted by Crippen LogP contribution is 2.29. The summed E-state index contributed by atoms with van der Waals surface area (Å²) in [6.07, 6.45) is 0.188. The standard InChI is InChI=1S/C14H17BrF3N3O2/c1-21(7-9-3-2-4-9)13(22)20-11-5-10(15)6-19-12(11)23-8-14(16,17)18/h5-6,9H,2-4,7-8H2,1H3,(H,20,22). The molecular formula is C14H17BrF3N3O2. The molecule has 1 N–H and O–H groups in total. The number of hydrogen-bond donors (Lipinski definition) is 1. The molecule has 1 aliphatic carbocycles. The van der Waals surface area contributed by atoms with Gasteiger partial charge in [-0.2, -0.15) is 13.2 Å². The SMILES string of the molecule is CN(CC1CCC1)C(=O)Nc1cc(Br)cnc1OCC(F)(F)F. The van der Waals surface area contributed by atoms with Crippen LogP contribution in [0, 0.1) is 5.92 Å². The van der Waals surface area contributed by atoms with Crippen molar-refractivity contribution in [2.24, 2.45) is 5.92 Å². The summed E-state index contributed by atoms with van der Waals surface area (Å²) in [5, 5.41) is 2.54. The highest BCUT2D eigenvalue weighted by Gasteiger charge is 2.29. The molecule has 0 atom stereocenters. The monoisotopic (exact) mass is 395 g/mol. The maximum atomic E-state index is 12.3. The molecule has 0 unspecified atom stereocenters. The van der Waals surface area contributed by atoms with E-state index in [-0.39, 0.29) is 11.6 Å². The first kappa shape index (κ1) is 17.8. The Morgan fingerprint density at radius 1 is 1.52 bits per heavy atom. The molecule has 0 aromatic carbocycles. The fraction of sp³-hybridized carbons (Fsp3) is 0.571. The Labute approximate surface area is 140 Å². The largest absolute Gasteiger partial charge is 0.467 e.